The number of nitrogens with zero attached hydrogens (tertiary/aromatic N) is 2. The minimum atomic E-state index is -3.36. The third-order valence-corrected chi connectivity index (χ3v) is 4.57. The molecule has 0 unspecified atom stereocenters. The highest BCUT2D eigenvalue weighted by molar-refractivity contribution is 7.90. The molecule has 144 valence electrons. The second-order valence-corrected chi connectivity index (χ2v) is 7.87. The van der Waals surface area contributed by atoms with Gasteiger partial charge in [-0.3, -0.25) is 5.43 Å². The lowest BCUT2D eigenvalue weighted by Crippen LogP contribution is -2.14. The lowest BCUT2D eigenvalue weighted by Gasteiger charge is -2.10. The van der Waals surface area contributed by atoms with Gasteiger partial charge in [-0.25, -0.2) is 18.2 Å². The van der Waals surface area contributed by atoms with Crippen molar-refractivity contribution in [2.24, 2.45) is 5.10 Å². The van der Waals surface area contributed by atoms with E-state index in [0.717, 1.165) is 11.8 Å². The number of aliphatic carboxylic acids is 1. The molecule has 0 aliphatic rings. The number of carboxylic acid groups (broad SMARTS) is 1. The van der Waals surface area contributed by atoms with E-state index in [4.69, 9.17) is 9.84 Å². The van der Waals surface area contributed by atoms with Gasteiger partial charge in [0.1, 0.15) is 17.2 Å². The fourth-order valence-electron chi connectivity index (χ4n) is 2.18. The van der Waals surface area contributed by atoms with E-state index < -0.39 is 15.8 Å². The van der Waals surface area contributed by atoms with Gasteiger partial charge in [0.25, 0.3) is 0 Å². The monoisotopic (exact) mass is 391 g/mol. The lowest BCUT2D eigenvalue weighted by molar-refractivity contribution is -0.129. The molecule has 8 nitrogen and oxygen atoms in total. The molecular formula is C18H21N3O5S. The van der Waals surface area contributed by atoms with Crippen LogP contribution in [0.1, 0.15) is 25.3 Å². The molecule has 2 rings (SSSR count). The van der Waals surface area contributed by atoms with Crippen molar-refractivity contribution in [2.45, 2.75) is 31.7 Å². The van der Waals surface area contributed by atoms with Gasteiger partial charge in [0.2, 0.25) is 0 Å². The Kier molecular flexibility index (Phi) is 6.51. The average molecular weight is 391 g/mol. The summed E-state index contributed by atoms with van der Waals surface area (Å²) in [6.45, 7) is 3.71. The number of hydrogen-bond donors (Lipinski definition) is 2. The van der Waals surface area contributed by atoms with Crippen LogP contribution in [-0.2, 0) is 14.6 Å². The largest absolute Gasteiger partial charge is 0.477 e. The van der Waals surface area contributed by atoms with Gasteiger partial charge in [-0.1, -0.05) is 13.3 Å². The van der Waals surface area contributed by atoms with E-state index in [0.29, 0.717) is 30.0 Å². The standard InChI is InChI=1S/C18H21N3O5S/c1-4-5-16(18(22)23)21-20-15-8-6-13(10-12(15)2)26-14-7-9-17(19-11-14)27(3,24)25/h6-11,20H,4-5H2,1-3H3,(H,22,23). The SMILES string of the molecule is CCCC(=NNc1ccc(Oc2ccc(S(C)(=O)=O)nc2)cc1C)C(=O)O. The van der Waals surface area contributed by atoms with E-state index in [2.05, 4.69) is 15.5 Å². The Morgan fingerprint density at radius 3 is 2.48 bits per heavy atom. The van der Waals surface area contributed by atoms with Crippen molar-refractivity contribution in [3.05, 3.63) is 42.1 Å². The van der Waals surface area contributed by atoms with Crippen LogP contribution in [0.15, 0.2) is 46.7 Å². The zero-order chi connectivity index (χ0) is 20.0. The topological polar surface area (TPSA) is 118 Å². The molecule has 0 radical (unpaired) electrons. The highest BCUT2D eigenvalue weighted by Gasteiger charge is 2.10. The number of aryl methyl sites for hydroxylation is 1. The summed E-state index contributed by atoms with van der Waals surface area (Å²) < 4.78 is 28.5. The van der Waals surface area contributed by atoms with E-state index in [9.17, 15) is 13.2 Å². The van der Waals surface area contributed by atoms with Crippen LogP contribution < -0.4 is 10.2 Å². The Hall–Kier alpha value is -2.94. The van der Waals surface area contributed by atoms with Crippen LogP contribution in [-0.4, -0.2) is 36.4 Å². The second-order valence-electron chi connectivity index (χ2n) is 5.91. The van der Waals surface area contributed by atoms with Crippen molar-refractivity contribution < 1.29 is 23.1 Å². The highest BCUT2D eigenvalue weighted by Crippen LogP contribution is 2.26. The number of carboxylic acids is 1. The molecule has 0 saturated heterocycles. The molecule has 0 bridgehead atoms. The molecular weight excluding hydrogens is 370 g/mol. The van der Waals surface area contributed by atoms with Gasteiger partial charge in [0, 0.05) is 6.26 Å². The first-order chi connectivity index (χ1) is 12.7. The number of hydrazone groups is 1. The number of carbonyl (C=O) groups is 1. The molecule has 27 heavy (non-hydrogen) atoms. The van der Waals surface area contributed by atoms with Gasteiger partial charge in [0.05, 0.1) is 11.9 Å². The zero-order valence-electron chi connectivity index (χ0n) is 15.3. The molecule has 0 amide bonds. The van der Waals surface area contributed by atoms with E-state index in [1.165, 1.54) is 18.3 Å². The molecule has 0 aliphatic carbocycles. The Bertz CT molecular complexity index is 953. The normalized spacial score (nSPS) is 11.9. The summed E-state index contributed by atoms with van der Waals surface area (Å²) >= 11 is 0. The molecule has 0 fully saturated rings. The molecule has 1 heterocycles. The van der Waals surface area contributed by atoms with Gasteiger partial charge < -0.3 is 9.84 Å². The van der Waals surface area contributed by atoms with Crippen molar-refractivity contribution in [1.82, 2.24) is 4.98 Å². The third kappa shape index (κ3) is 5.78. The van der Waals surface area contributed by atoms with Crippen LogP contribution in [0.25, 0.3) is 0 Å². The first kappa shape index (κ1) is 20.4. The molecule has 1 aromatic heterocycles. The predicted octanol–water partition coefficient (Wildman–Crippen LogP) is 3.24. The smallest absolute Gasteiger partial charge is 0.352 e. The highest BCUT2D eigenvalue weighted by atomic mass is 32.2. The molecule has 2 N–H and O–H groups in total. The van der Waals surface area contributed by atoms with Crippen LogP contribution >= 0.6 is 0 Å². The van der Waals surface area contributed by atoms with Gasteiger partial charge in [-0.2, -0.15) is 5.10 Å². The number of aromatic nitrogens is 1. The maximum atomic E-state index is 11.4. The first-order valence-corrected chi connectivity index (χ1v) is 10.1. The fraction of sp³-hybridized carbons (Fsp3) is 0.278. The summed E-state index contributed by atoms with van der Waals surface area (Å²) in [5, 5.41) is 13.0. The van der Waals surface area contributed by atoms with E-state index in [1.807, 2.05) is 13.8 Å². The lowest BCUT2D eigenvalue weighted by atomic mass is 10.2. The van der Waals surface area contributed by atoms with Crippen LogP contribution in [0.5, 0.6) is 11.5 Å². The third-order valence-electron chi connectivity index (χ3n) is 3.57. The van der Waals surface area contributed by atoms with Crippen molar-refractivity contribution in [3.8, 4) is 11.5 Å². The van der Waals surface area contributed by atoms with E-state index >= 15 is 0 Å². The van der Waals surface area contributed by atoms with Gasteiger partial charge in [0.15, 0.2) is 14.9 Å². The maximum absolute atomic E-state index is 11.4. The Labute approximate surface area is 157 Å². The van der Waals surface area contributed by atoms with Crippen LogP contribution in [0.4, 0.5) is 5.69 Å². The molecule has 0 saturated carbocycles. The molecule has 0 atom stereocenters. The van der Waals surface area contributed by atoms with Crippen LogP contribution in [0, 0.1) is 6.92 Å². The number of anilines is 1. The summed E-state index contributed by atoms with van der Waals surface area (Å²) in [5.74, 6) is -0.119. The summed E-state index contributed by atoms with van der Waals surface area (Å²) in [6.07, 6.45) is 3.49. The molecule has 9 heteroatoms. The minimum absolute atomic E-state index is 0.0234. The van der Waals surface area contributed by atoms with E-state index in [1.54, 1.807) is 18.2 Å². The number of sulfone groups is 1. The number of pyridine rings is 1. The summed E-state index contributed by atoms with van der Waals surface area (Å²) in [5.41, 5.74) is 4.29. The Balaban J connectivity index is 2.12. The van der Waals surface area contributed by atoms with Crippen molar-refractivity contribution in [1.29, 1.82) is 0 Å². The van der Waals surface area contributed by atoms with Crippen LogP contribution in [0.3, 0.4) is 0 Å². The predicted molar refractivity (Wildman–Crippen MR) is 102 cm³/mol. The Morgan fingerprint density at radius 1 is 1.26 bits per heavy atom. The average Bonchev–Trinajstić information content (AvgIpc) is 2.59. The number of benzene rings is 1. The van der Waals surface area contributed by atoms with Gasteiger partial charge >= 0.3 is 5.97 Å². The van der Waals surface area contributed by atoms with E-state index in [-0.39, 0.29) is 10.7 Å². The minimum Gasteiger partial charge on any atom is -0.477 e. The number of ether oxygens (including phenoxy) is 1. The molecule has 2 aromatic rings. The number of nitrogens with one attached hydrogen (secondary N) is 1. The van der Waals surface area contributed by atoms with Crippen LogP contribution in [0.2, 0.25) is 0 Å². The molecule has 0 spiro atoms. The van der Waals surface area contributed by atoms with Crippen molar-refractivity contribution in [3.63, 3.8) is 0 Å². The Morgan fingerprint density at radius 2 is 1.96 bits per heavy atom. The first-order valence-electron chi connectivity index (χ1n) is 8.21. The summed E-state index contributed by atoms with van der Waals surface area (Å²) in [7, 11) is -3.36. The summed E-state index contributed by atoms with van der Waals surface area (Å²) in [4.78, 5) is 15.0. The van der Waals surface area contributed by atoms with Crippen molar-refractivity contribution >= 4 is 27.2 Å². The zero-order valence-corrected chi connectivity index (χ0v) is 16.1. The molecule has 0 aliphatic heterocycles. The molecule has 1 aromatic carbocycles. The number of rotatable bonds is 8. The van der Waals surface area contributed by atoms with Gasteiger partial charge in [-0.15, -0.1) is 0 Å². The second kappa shape index (κ2) is 8.63. The quantitative estimate of drug-likeness (QED) is 0.524. The van der Waals surface area contributed by atoms with Crippen molar-refractivity contribution in [2.75, 3.05) is 11.7 Å². The van der Waals surface area contributed by atoms with Gasteiger partial charge in [-0.05, 0) is 49.2 Å². The number of hydrogen-bond acceptors (Lipinski definition) is 7. The maximum Gasteiger partial charge on any atom is 0.352 e. The summed E-state index contributed by atoms with van der Waals surface area (Å²) in [6, 6.07) is 8.07. The fourth-order valence-corrected chi connectivity index (χ4v) is 2.74.